The van der Waals surface area contributed by atoms with Gasteiger partial charge in [0.05, 0.1) is 30.1 Å². The molecule has 2 heterocycles. The molecule has 5 nitrogen and oxygen atoms in total. The third-order valence-electron chi connectivity index (χ3n) is 4.41. The lowest BCUT2D eigenvalue weighted by Gasteiger charge is -2.28. The predicted molar refractivity (Wildman–Crippen MR) is 84.9 cm³/mol. The number of methoxy groups -OCH3 is 1. The molecule has 0 spiro atoms. The highest BCUT2D eigenvalue weighted by Crippen LogP contribution is 2.42. The Balaban J connectivity index is 2.09. The number of aryl methyl sites for hydroxylation is 2. The van der Waals surface area contributed by atoms with Crippen LogP contribution >= 0.6 is 0 Å². The van der Waals surface area contributed by atoms with Crippen LogP contribution < -0.4 is 9.64 Å². The lowest BCUT2D eigenvalue weighted by Crippen LogP contribution is -2.24. The quantitative estimate of drug-likeness (QED) is 0.873. The van der Waals surface area contributed by atoms with E-state index < -0.39 is 5.82 Å². The third-order valence-corrected chi connectivity index (χ3v) is 4.41. The standard InChI is InChI=1S/C17H19FN4O/c1-11-16(17(23-3)21(2)20-11)15-8-5-9-22(15)14-7-4-6-13(18)12(14)10-19/h4,6-7,15H,5,8-9H2,1-3H3/t15-/m0/s1. The average Bonchev–Trinajstić information content (AvgIpc) is 3.10. The summed E-state index contributed by atoms with van der Waals surface area (Å²) in [6.45, 7) is 2.73. The van der Waals surface area contributed by atoms with E-state index in [2.05, 4.69) is 10.00 Å². The number of hydrogen-bond acceptors (Lipinski definition) is 4. The summed E-state index contributed by atoms with van der Waals surface area (Å²) >= 11 is 0. The number of benzene rings is 1. The summed E-state index contributed by atoms with van der Waals surface area (Å²) in [5, 5.41) is 13.8. The average molecular weight is 314 g/mol. The summed E-state index contributed by atoms with van der Waals surface area (Å²) in [5.74, 6) is 0.236. The van der Waals surface area contributed by atoms with Crippen LogP contribution in [0.2, 0.25) is 0 Å². The Morgan fingerprint density at radius 2 is 2.22 bits per heavy atom. The summed E-state index contributed by atoms with van der Waals surface area (Å²) in [7, 11) is 3.47. The maximum Gasteiger partial charge on any atom is 0.216 e. The van der Waals surface area contributed by atoms with Gasteiger partial charge in [-0.3, -0.25) is 0 Å². The Kier molecular flexibility index (Phi) is 3.95. The van der Waals surface area contributed by atoms with E-state index in [0.717, 1.165) is 30.6 Å². The van der Waals surface area contributed by atoms with Gasteiger partial charge in [0.15, 0.2) is 0 Å². The number of aromatic nitrogens is 2. The molecule has 0 unspecified atom stereocenters. The Labute approximate surface area is 134 Å². The van der Waals surface area contributed by atoms with Crippen molar-refractivity contribution in [1.29, 1.82) is 5.26 Å². The topological polar surface area (TPSA) is 54.1 Å². The molecule has 1 saturated heterocycles. The first kappa shape index (κ1) is 15.3. The molecule has 1 fully saturated rings. The summed E-state index contributed by atoms with van der Waals surface area (Å²) in [4.78, 5) is 2.09. The van der Waals surface area contributed by atoms with Gasteiger partial charge >= 0.3 is 0 Å². The van der Waals surface area contributed by atoms with Gasteiger partial charge in [-0.15, -0.1) is 0 Å². The van der Waals surface area contributed by atoms with Crippen molar-refractivity contribution in [3.8, 4) is 11.9 Å². The third kappa shape index (κ3) is 2.42. The summed E-state index contributed by atoms with van der Waals surface area (Å²) in [6.07, 6.45) is 1.90. The van der Waals surface area contributed by atoms with Crippen LogP contribution in [0.5, 0.6) is 5.88 Å². The first-order valence-corrected chi connectivity index (χ1v) is 7.61. The van der Waals surface area contributed by atoms with Gasteiger partial charge in [0.25, 0.3) is 0 Å². The zero-order valence-corrected chi connectivity index (χ0v) is 13.5. The number of rotatable bonds is 3. The molecule has 1 aromatic heterocycles. The van der Waals surface area contributed by atoms with Gasteiger partial charge in [0, 0.05) is 13.6 Å². The second kappa shape index (κ2) is 5.92. The van der Waals surface area contributed by atoms with Crippen molar-refractivity contribution in [1.82, 2.24) is 9.78 Å². The molecule has 0 aliphatic carbocycles. The maximum absolute atomic E-state index is 14.0. The highest BCUT2D eigenvalue weighted by molar-refractivity contribution is 5.62. The van der Waals surface area contributed by atoms with E-state index in [4.69, 9.17) is 4.74 Å². The molecule has 0 bridgehead atoms. The number of halogens is 1. The van der Waals surface area contributed by atoms with Gasteiger partial charge in [0.1, 0.15) is 17.4 Å². The first-order chi connectivity index (χ1) is 11.1. The molecule has 3 rings (SSSR count). The molecule has 120 valence electrons. The molecular weight excluding hydrogens is 295 g/mol. The Bertz CT molecular complexity index is 778. The van der Waals surface area contributed by atoms with Crippen molar-refractivity contribution < 1.29 is 9.13 Å². The number of ether oxygens (including phenoxy) is 1. The molecule has 23 heavy (non-hydrogen) atoms. The number of hydrogen-bond donors (Lipinski definition) is 0. The smallest absolute Gasteiger partial charge is 0.216 e. The van der Waals surface area contributed by atoms with Crippen LogP contribution in [0.15, 0.2) is 18.2 Å². The number of anilines is 1. The lowest BCUT2D eigenvalue weighted by atomic mass is 10.0. The van der Waals surface area contributed by atoms with Gasteiger partial charge in [-0.25, -0.2) is 9.07 Å². The van der Waals surface area contributed by atoms with Gasteiger partial charge in [-0.05, 0) is 31.9 Å². The van der Waals surface area contributed by atoms with Gasteiger partial charge in [-0.1, -0.05) is 6.07 Å². The minimum absolute atomic E-state index is 0.0348. The van der Waals surface area contributed by atoms with E-state index in [9.17, 15) is 9.65 Å². The van der Waals surface area contributed by atoms with E-state index >= 15 is 0 Å². The highest BCUT2D eigenvalue weighted by Gasteiger charge is 2.33. The number of nitriles is 1. The first-order valence-electron chi connectivity index (χ1n) is 7.61. The van der Waals surface area contributed by atoms with Crippen LogP contribution in [0.3, 0.4) is 0 Å². The number of nitrogens with zero attached hydrogens (tertiary/aromatic N) is 4. The molecule has 1 aliphatic rings. The predicted octanol–water partition coefficient (Wildman–Crippen LogP) is 3.09. The molecule has 1 aromatic carbocycles. The largest absolute Gasteiger partial charge is 0.481 e. The van der Waals surface area contributed by atoms with Crippen LogP contribution in [0.25, 0.3) is 0 Å². The van der Waals surface area contributed by atoms with Crippen molar-refractivity contribution in [2.45, 2.75) is 25.8 Å². The van der Waals surface area contributed by atoms with E-state index in [1.807, 2.05) is 20.0 Å². The second-order valence-electron chi connectivity index (χ2n) is 5.73. The fourth-order valence-electron chi connectivity index (χ4n) is 3.50. The van der Waals surface area contributed by atoms with Crippen LogP contribution in [0.1, 0.15) is 35.7 Å². The van der Waals surface area contributed by atoms with Crippen LogP contribution in [0.4, 0.5) is 10.1 Å². The van der Waals surface area contributed by atoms with E-state index in [1.165, 1.54) is 6.07 Å². The lowest BCUT2D eigenvalue weighted by molar-refractivity contribution is 0.366. The second-order valence-corrected chi connectivity index (χ2v) is 5.73. The van der Waals surface area contributed by atoms with Crippen molar-refractivity contribution in [3.63, 3.8) is 0 Å². The van der Waals surface area contributed by atoms with E-state index in [1.54, 1.807) is 23.9 Å². The van der Waals surface area contributed by atoms with Crippen LogP contribution in [0, 0.1) is 24.1 Å². The molecule has 0 amide bonds. The van der Waals surface area contributed by atoms with Crippen molar-refractivity contribution in [2.75, 3.05) is 18.6 Å². The molecule has 0 radical (unpaired) electrons. The summed E-state index contributed by atoms with van der Waals surface area (Å²) in [6, 6.07) is 6.80. The minimum atomic E-state index is -0.481. The van der Waals surface area contributed by atoms with Gasteiger partial charge in [-0.2, -0.15) is 10.4 Å². The van der Waals surface area contributed by atoms with Crippen molar-refractivity contribution in [3.05, 3.63) is 40.8 Å². The van der Waals surface area contributed by atoms with Crippen LogP contribution in [-0.2, 0) is 7.05 Å². The zero-order chi connectivity index (χ0) is 16.6. The van der Waals surface area contributed by atoms with Crippen molar-refractivity contribution >= 4 is 5.69 Å². The highest BCUT2D eigenvalue weighted by atomic mass is 19.1. The molecule has 0 N–H and O–H groups in total. The molecular formula is C17H19FN4O. The minimum Gasteiger partial charge on any atom is -0.481 e. The summed E-state index contributed by atoms with van der Waals surface area (Å²) < 4.78 is 21.2. The maximum atomic E-state index is 14.0. The van der Waals surface area contributed by atoms with Crippen LogP contribution in [-0.4, -0.2) is 23.4 Å². The molecule has 1 atom stereocenters. The van der Waals surface area contributed by atoms with Crippen molar-refractivity contribution in [2.24, 2.45) is 7.05 Å². The molecule has 6 heteroatoms. The fraction of sp³-hybridized carbons (Fsp3) is 0.412. The Hall–Kier alpha value is -2.55. The molecule has 1 aliphatic heterocycles. The van der Waals surface area contributed by atoms with Gasteiger partial charge in [0.2, 0.25) is 5.88 Å². The monoisotopic (exact) mass is 314 g/mol. The Morgan fingerprint density at radius 3 is 2.91 bits per heavy atom. The zero-order valence-electron chi connectivity index (χ0n) is 13.5. The molecule has 2 aromatic rings. The fourth-order valence-corrected chi connectivity index (χ4v) is 3.50. The normalized spacial score (nSPS) is 17.3. The summed E-state index contributed by atoms with van der Waals surface area (Å²) in [5.41, 5.74) is 2.65. The van der Waals surface area contributed by atoms with Gasteiger partial charge < -0.3 is 9.64 Å². The SMILES string of the molecule is COc1c([C@@H]2CCCN2c2cccc(F)c2C#N)c(C)nn1C. The van der Waals surface area contributed by atoms with E-state index in [0.29, 0.717) is 11.6 Å². The Morgan fingerprint density at radius 1 is 1.43 bits per heavy atom. The van der Waals surface area contributed by atoms with E-state index in [-0.39, 0.29) is 11.6 Å². The molecule has 0 saturated carbocycles.